The van der Waals surface area contributed by atoms with Crippen molar-refractivity contribution in [1.29, 1.82) is 0 Å². The second-order valence-corrected chi connectivity index (χ2v) is 3.73. The van der Waals surface area contributed by atoms with E-state index in [-0.39, 0.29) is 5.60 Å². The molecule has 0 aromatic heterocycles. The van der Waals surface area contributed by atoms with Crippen molar-refractivity contribution in [2.75, 3.05) is 20.3 Å². The Morgan fingerprint density at radius 1 is 1.23 bits per heavy atom. The van der Waals surface area contributed by atoms with E-state index in [0.717, 1.165) is 26.1 Å². The molecule has 0 aromatic rings. The summed E-state index contributed by atoms with van der Waals surface area (Å²) in [6.45, 7) is 10.4. The first kappa shape index (κ1) is 12.9. The lowest BCUT2D eigenvalue weighted by Crippen LogP contribution is -2.39. The Morgan fingerprint density at radius 2 is 1.77 bits per heavy atom. The Bertz CT molecular complexity index is 124. The van der Waals surface area contributed by atoms with Crippen LogP contribution in [0.3, 0.4) is 0 Å². The maximum atomic E-state index is 5.61. The van der Waals surface area contributed by atoms with Crippen LogP contribution in [0.15, 0.2) is 0 Å². The molecular formula is C10H24N2O. The zero-order valence-corrected chi connectivity index (χ0v) is 9.68. The van der Waals surface area contributed by atoms with Crippen LogP contribution < -0.4 is 5.48 Å². The number of hydroxylamine groups is 1. The van der Waals surface area contributed by atoms with Crippen molar-refractivity contribution in [3.8, 4) is 0 Å². The fourth-order valence-electron chi connectivity index (χ4n) is 0.823. The molecule has 0 atom stereocenters. The molecule has 0 amide bonds. The Morgan fingerprint density at radius 3 is 2.15 bits per heavy atom. The van der Waals surface area contributed by atoms with Crippen molar-refractivity contribution in [2.24, 2.45) is 0 Å². The molecule has 13 heavy (non-hydrogen) atoms. The molecular weight excluding hydrogens is 164 g/mol. The topological polar surface area (TPSA) is 24.5 Å². The van der Waals surface area contributed by atoms with Crippen molar-refractivity contribution in [3.05, 3.63) is 0 Å². The number of nitrogens with one attached hydrogen (secondary N) is 1. The Balaban J connectivity index is 3.61. The number of nitrogens with zero attached hydrogens (tertiary/aromatic N) is 1. The molecule has 3 nitrogen and oxygen atoms in total. The van der Waals surface area contributed by atoms with Gasteiger partial charge in [0.1, 0.15) is 0 Å². The number of rotatable bonds is 7. The maximum absolute atomic E-state index is 5.61. The predicted octanol–water partition coefficient (Wildman–Crippen LogP) is 2.00. The summed E-state index contributed by atoms with van der Waals surface area (Å²) < 4.78 is 0. The van der Waals surface area contributed by atoms with Crippen LogP contribution in [0.1, 0.15) is 40.5 Å². The smallest absolute Gasteiger partial charge is 0.0864 e. The first-order valence-electron chi connectivity index (χ1n) is 5.17. The van der Waals surface area contributed by atoms with Crippen LogP contribution in [-0.4, -0.2) is 30.8 Å². The van der Waals surface area contributed by atoms with Crippen molar-refractivity contribution >= 4 is 0 Å². The molecule has 0 unspecified atom stereocenters. The largest absolute Gasteiger partial charge is 0.294 e. The summed E-state index contributed by atoms with van der Waals surface area (Å²) in [4.78, 5) is 7.77. The normalized spacial score (nSPS) is 12.5. The highest BCUT2D eigenvalue weighted by atomic mass is 16.7. The molecule has 3 heteroatoms. The molecule has 0 aromatic carbocycles. The molecule has 0 heterocycles. The van der Waals surface area contributed by atoms with E-state index in [0.29, 0.717) is 0 Å². The van der Waals surface area contributed by atoms with E-state index in [9.17, 15) is 0 Å². The zero-order valence-electron chi connectivity index (χ0n) is 9.68. The minimum Gasteiger partial charge on any atom is -0.294 e. The van der Waals surface area contributed by atoms with Gasteiger partial charge >= 0.3 is 0 Å². The molecule has 0 spiro atoms. The molecule has 0 fully saturated rings. The van der Waals surface area contributed by atoms with E-state index in [4.69, 9.17) is 4.84 Å². The van der Waals surface area contributed by atoms with E-state index in [1.54, 1.807) is 0 Å². The highest BCUT2D eigenvalue weighted by molar-refractivity contribution is 4.69. The van der Waals surface area contributed by atoms with Crippen LogP contribution in [0, 0.1) is 0 Å². The van der Waals surface area contributed by atoms with Gasteiger partial charge in [0.25, 0.3) is 0 Å². The minimum absolute atomic E-state index is 0.0193. The fraction of sp³-hybridized carbons (Fsp3) is 1.00. The maximum Gasteiger partial charge on any atom is 0.0864 e. The third-order valence-electron chi connectivity index (χ3n) is 2.69. The molecule has 1 N–H and O–H groups in total. The first-order valence-corrected chi connectivity index (χ1v) is 5.17. The summed E-state index contributed by atoms with van der Waals surface area (Å²) in [5, 5.41) is 0. The van der Waals surface area contributed by atoms with Crippen molar-refractivity contribution in [2.45, 2.75) is 46.1 Å². The van der Waals surface area contributed by atoms with Crippen molar-refractivity contribution in [3.63, 3.8) is 0 Å². The summed E-state index contributed by atoms with van der Waals surface area (Å²) in [6, 6.07) is 0. The zero-order chi connectivity index (χ0) is 10.3. The number of hydrogen-bond acceptors (Lipinski definition) is 3. The van der Waals surface area contributed by atoms with E-state index in [1.807, 2.05) is 0 Å². The van der Waals surface area contributed by atoms with Gasteiger partial charge in [0, 0.05) is 0 Å². The Hall–Kier alpha value is -0.120. The summed E-state index contributed by atoms with van der Waals surface area (Å²) in [5.74, 6) is 0. The van der Waals surface area contributed by atoms with Gasteiger partial charge in [-0.1, -0.05) is 20.8 Å². The monoisotopic (exact) mass is 188 g/mol. The van der Waals surface area contributed by atoms with Crippen LogP contribution >= 0.6 is 0 Å². The summed E-state index contributed by atoms with van der Waals surface area (Å²) >= 11 is 0. The van der Waals surface area contributed by atoms with Gasteiger partial charge in [-0.3, -0.25) is 9.74 Å². The second kappa shape index (κ2) is 6.35. The average molecular weight is 188 g/mol. The molecule has 0 aliphatic rings. The van der Waals surface area contributed by atoms with E-state index >= 15 is 0 Å². The molecule has 0 rings (SSSR count). The average Bonchev–Trinajstić information content (AvgIpc) is 2.17. The Labute approximate surface area is 82.4 Å². The lowest BCUT2D eigenvalue weighted by Gasteiger charge is -2.28. The SMILES string of the molecule is CCN(C)CNOC(C)(CC)CC. The van der Waals surface area contributed by atoms with Crippen molar-refractivity contribution < 1.29 is 4.84 Å². The van der Waals surface area contributed by atoms with Gasteiger partial charge in [0.2, 0.25) is 0 Å². The van der Waals surface area contributed by atoms with Crippen LogP contribution in [0.25, 0.3) is 0 Å². The van der Waals surface area contributed by atoms with Crippen LogP contribution in [0.2, 0.25) is 0 Å². The molecule has 0 saturated carbocycles. The van der Waals surface area contributed by atoms with Gasteiger partial charge < -0.3 is 0 Å². The van der Waals surface area contributed by atoms with Gasteiger partial charge in [0.15, 0.2) is 0 Å². The highest BCUT2D eigenvalue weighted by Gasteiger charge is 2.20. The van der Waals surface area contributed by atoms with Crippen LogP contribution in [0.4, 0.5) is 0 Å². The van der Waals surface area contributed by atoms with Gasteiger partial charge in [0.05, 0.1) is 12.3 Å². The van der Waals surface area contributed by atoms with E-state index in [2.05, 4.69) is 45.1 Å². The fourth-order valence-corrected chi connectivity index (χ4v) is 0.823. The van der Waals surface area contributed by atoms with Gasteiger partial charge in [-0.15, -0.1) is 0 Å². The van der Waals surface area contributed by atoms with Crippen molar-refractivity contribution in [1.82, 2.24) is 10.4 Å². The quantitative estimate of drug-likeness (QED) is 0.488. The van der Waals surface area contributed by atoms with E-state index in [1.165, 1.54) is 0 Å². The predicted molar refractivity (Wildman–Crippen MR) is 56.4 cm³/mol. The molecule has 0 aliphatic heterocycles. The molecule has 0 aliphatic carbocycles. The number of hydrogen-bond donors (Lipinski definition) is 1. The van der Waals surface area contributed by atoms with Gasteiger partial charge in [-0.25, -0.2) is 0 Å². The molecule has 0 radical (unpaired) electrons. The van der Waals surface area contributed by atoms with Crippen LogP contribution in [0.5, 0.6) is 0 Å². The molecule has 0 saturated heterocycles. The second-order valence-electron chi connectivity index (χ2n) is 3.73. The molecule has 0 bridgehead atoms. The summed E-state index contributed by atoms with van der Waals surface area (Å²) in [5.41, 5.74) is 2.99. The summed E-state index contributed by atoms with van der Waals surface area (Å²) in [7, 11) is 2.06. The van der Waals surface area contributed by atoms with E-state index < -0.39 is 0 Å². The highest BCUT2D eigenvalue weighted by Crippen LogP contribution is 2.17. The third kappa shape index (κ3) is 5.24. The van der Waals surface area contributed by atoms with Gasteiger partial charge in [-0.05, 0) is 33.4 Å². The van der Waals surface area contributed by atoms with Gasteiger partial charge in [-0.2, -0.15) is 5.48 Å². The Kier molecular flexibility index (Phi) is 6.29. The third-order valence-corrected chi connectivity index (χ3v) is 2.69. The molecule has 80 valence electrons. The lowest BCUT2D eigenvalue weighted by molar-refractivity contribution is -0.111. The standard InChI is InChI=1S/C10H24N2O/c1-6-10(4,7-2)13-11-9-12(5)8-3/h11H,6-9H2,1-5H3. The lowest BCUT2D eigenvalue weighted by atomic mass is 10.0. The minimum atomic E-state index is -0.0193. The van der Waals surface area contributed by atoms with Crippen LogP contribution in [-0.2, 0) is 4.84 Å². The summed E-state index contributed by atoms with van der Waals surface area (Å²) in [6.07, 6.45) is 2.07. The first-order chi connectivity index (χ1) is 6.08.